The number of amides is 2. The van der Waals surface area contributed by atoms with Crippen LogP contribution in [0.4, 0.5) is 11.4 Å². The van der Waals surface area contributed by atoms with Gasteiger partial charge in [-0.2, -0.15) is 0 Å². The summed E-state index contributed by atoms with van der Waals surface area (Å²) in [5.74, 6) is 0.261. The molecule has 3 aromatic rings. The first kappa shape index (κ1) is 19.7. The number of rotatable bonds is 6. The molecule has 0 saturated heterocycles. The van der Waals surface area contributed by atoms with Gasteiger partial charge in [0.15, 0.2) is 12.4 Å². The van der Waals surface area contributed by atoms with Crippen LogP contribution in [0, 0.1) is 13.8 Å². The van der Waals surface area contributed by atoms with Crippen molar-refractivity contribution in [2.75, 3.05) is 17.2 Å². The van der Waals surface area contributed by atoms with E-state index in [1.54, 1.807) is 36.4 Å². The summed E-state index contributed by atoms with van der Waals surface area (Å²) in [7, 11) is 0. The van der Waals surface area contributed by atoms with Gasteiger partial charge in [0.05, 0.1) is 10.7 Å². The first-order valence-corrected chi connectivity index (χ1v) is 9.36. The van der Waals surface area contributed by atoms with Crippen molar-refractivity contribution in [1.29, 1.82) is 0 Å². The maximum Gasteiger partial charge on any atom is 0.291 e. The Bertz CT molecular complexity index is 959. The van der Waals surface area contributed by atoms with E-state index in [2.05, 4.69) is 26.6 Å². The number of carbonyl (C=O) groups is 2. The summed E-state index contributed by atoms with van der Waals surface area (Å²) in [5.41, 5.74) is 3.26. The van der Waals surface area contributed by atoms with E-state index in [1.807, 2.05) is 26.0 Å². The Morgan fingerprint density at radius 2 is 1.71 bits per heavy atom. The molecular formula is C21H19BrN2O4. The maximum absolute atomic E-state index is 12.2. The van der Waals surface area contributed by atoms with Crippen molar-refractivity contribution in [3.05, 3.63) is 76.2 Å². The van der Waals surface area contributed by atoms with Gasteiger partial charge in [0.2, 0.25) is 0 Å². The normalized spacial score (nSPS) is 10.4. The second kappa shape index (κ2) is 8.75. The Morgan fingerprint density at radius 3 is 2.32 bits per heavy atom. The third-order valence-corrected chi connectivity index (χ3v) is 4.48. The Hall–Kier alpha value is -3.06. The summed E-state index contributed by atoms with van der Waals surface area (Å²) in [6.07, 6.45) is 1.44. The monoisotopic (exact) mass is 442 g/mol. The van der Waals surface area contributed by atoms with Crippen LogP contribution < -0.4 is 15.4 Å². The Kier molecular flexibility index (Phi) is 6.16. The van der Waals surface area contributed by atoms with Gasteiger partial charge in [-0.1, -0.05) is 6.07 Å². The second-order valence-electron chi connectivity index (χ2n) is 6.24. The van der Waals surface area contributed by atoms with Gasteiger partial charge in [0.25, 0.3) is 11.8 Å². The summed E-state index contributed by atoms with van der Waals surface area (Å²) in [6.45, 7) is 3.81. The average molecular weight is 443 g/mol. The van der Waals surface area contributed by atoms with E-state index < -0.39 is 0 Å². The van der Waals surface area contributed by atoms with Crippen molar-refractivity contribution >= 4 is 39.1 Å². The SMILES string of the molecule is Cc1cc(C)c(OCC(=O)Nc2ccc(NC(=O)c3ccco3)cc2)c(Br)c1. The molecule has 2 amide bonds. The molecule has 28 heavy (non-hydrogen) atoms. The number of furan rings is 1. The molecule has 0 spiro atoms. The van der Waals surface area contributed by atoms with Crippen LogP contribution in [0.3, 0.4) is 0 Å². The van der Waals surface area contributed by atoms with Crippen molar-refractivity contribution in [1.82, 2.24) is 0 Å². The number of ether oxygens (including phenoxy) is 1. The van der Waals surface area contributed by atoms with E-state index >= 15 is 0 Å². The van der Waals surface area contributed by atoms with Crippen LogP contribution in [0.15, 0.2) is 63.7 Å². The quantitative estimate of drug-likeness (QED) is 0.566. The van der Waals surface area contributed by atoms with Crippen LogP contribution in [-0.4, -0.2) is 18.4 Å². The smallest absolute Gasteiger partial charge is 0.291 e. The summed E-state index contributed by atoms with van der Waals surface area (Å²) < 4.78 is 11.5. The van der Waals surface area contributed by atoms with Gasteiger partial charge in [-0.05, 0) is 83.4 Å². The van der Waals surface area contributed by atoms with Gasteiger partial charge in [-0.3, -0.25) is 9.59 Å². The number of anilines is 2. The van der Waals surface area contributed by atoms with Crippen molar-refractivity contribution in [2.24, 2.45) is 0 Å². The standard InChI is InChI=1S/C21H19BrN2O4/c1-13-10-14(2)20(17(22)11-13)28-12-19(25)23-15-5-7-16(8-6-15)24-21(26)18-4-3-9-27-18/h3-11H,12H2,1-2H3,(H,23,25)(H,24,26). The molecule has 0 aliphatic heterocycles. The van der Waals surface area contributed by atoms with Crippen LogP contribution in [-0.2, 0) is 4.79 Å². The summed E-state index contributed by atoms with van der Waals surface area (Å²) in [6, 6.07) is 13.9. The van der Waals surface area contributed by atoms with Crippen molar-refractivity contribution in [3.63, 3.8) is 0 Å². The molecule has 0 fully saturated rings. The minimum atomic E-state index is -0.339. The number of carbonyl (C=O) groups excluding carboxylic acids is 2. The van der Waals surface area contributed by atoms with Crippen LogP contribution >= 0.6 is 15.9 Å². The number of hydrogen-bond donors (Lipinski definition) is 2. The minimum absolute atomic E-state index is 0.112. The molecule has 144 valence electrons. The zero-order valence-electron chi connectivity index (χ0n) is 15.4. The van der Waals surface area contributed by atoms with Gasteiger partial charge in [0, 0.05) is 11.4 Å². The number of benzene rings is 2. The lowest BCUT2D eigenvalue weighted by molar-refractivity contribution is -0.118. The third-order valence-electron chi connectivity index (χ3n) is 3.89. The number of nitrogens with one attached hydrogen (secondary N) is 2. The van der Waals surface area contributed by atoms with Gasteiger partial charge < -0.3 is 19.8 Å². The third kappa shape index (κ3) is 5.01. The predicted octanol–water partition coefficient (Wildman–Crippen LogP) is 4.93. The van der Waals surface area contributed by atoms with E-state index in [-0.39, 0.29) is 24.2 Å². The topological polar surface area (TPSA) is 80.6 Å². The lowest BCUT2D eigenvalue weighted by atomic mass is 10.1. The van der Waals surface area contributed by atoms with E-state index in [0.717, 1.165) is 15.6 Å². The lowest BCUT2D eigenvalue weighted by Gasteiger charge is -2.12. The molecule has 1 heterocycles. The van der Waals surface area contributed by atoms with Gasteiger partial charge in [0.1, 0.15) is 5.75 Å². The molecule has 0 radical (unpaired) electrons. The maximum atomic E-state index is 12.2. The summed E-state index contributed by atoms with van der Waals surface area (Å²) in [4.78, 5) is 24.1. The average Bonchev–Trinajstić information content (AvgIpc) is 3.17. The highest BCUT2D eigenvalue weighted by molar-refractivity contribution is 9.10. The highest BCUT2D eigenvalue weighted by Gasteiger charge is 2.11. The van der Waals surface area contributed by atoms with Gasteiger partial charge >= 0.3 is 0 Å². The van der Waals surface area contributed by atoms with E-state index in [4.69, 9.17) is 9.15 Å². The molecule has 0 saturated carbocycles. The number of aryl methyl sites for hydroxylation is 2. The van der Waals surface area contributed by atoms with Crippen molar-refractivity contribution < 1.29 is 18.7 Å². The largest absolute Gasteiger partial charge is 0.482 e. The summed E-state index contributed by atoms with van der Waals surface area (Å²) >= 11 is 3.46. The van der Waals surface area contributed by atoms with Gasteiger partial charge in [-0.25, -0.2) is 0 Å². The molecule has 2 aromatic carbocycles. The molecular weight excluding hydrogens is 424 g/mol. The van der Waals surface area contributed by atoms with Crippen LogP contribution in [0.1, 0.15) is 21.7 Å². The predicted molar refractivity (Wildman–Crippen MR) is 111 cm³/mol. The Morgan fingerprint density at radius 1 is 1.04 bits per heavy atom. The van der Waals surface area contributed by atoms with Crippen molar-refractivity contribution in [2.45, 2.75) is 13.8 Å². The molecule has 6 nitrogen and oxygen atoms in total. The Labute approximate surface area is 171 Å². The van der Waals surface area contributed by atoms with Gasteiger partial charge in [-0.15, -0.1) is 0 Å². The summed E-state index contributed by atoms with van der Waals surface area (Å²) in [5, 5.41) is 5.47. The molecule has 0 aliphatic carbocycles. The second-order valence-corrected chi connectivity index (χ2v) is 7.09. The highest BCUT2D eigenvalue weighted by Crippen LogP contribution is 2.30. The van der Waals surface area contributed by atoms with Crippen LogP contribution in [0.2, 0.25) is 0 Å². The zero-order chi connectivity index (χ0) is 20.1. The van der Waals surface area contributed by atoms with E-state index in [1.165, 1.54) is 6.26 Å². The number of hydrogen-bond acceptors (Lipinski definition) is 4. The van der Waals surface area contributed by atoms with Crippen LogP contribution in [0.25, 0.3) is 0 Å². The van der Waals surface area contributed by atoms with E-state index in [0.29, 0.717) is 17.1 Å². The molecule has 3 rings (SSSR count). The fourth-order valence-corrected chi connectivity index (χ4v) is 3.45. The molecule has 0 bridgehead atoms. The zero-order valence-corrected chi connectivity index (χ0v) is 17.0. The fraction of sp³-hybridized carbons (Fsp3) is 0.143. The Balaban J connectivity index is 1.54. The van der Waals surface area contributed by atoms with Crippen LogP contribution in [0.5, 0.6) is 5.75 Å². The number of halogens is 1. The van der Waals surface area contributed by atoms with Crippen molar-refractivity contribution in [3.8, 4) is 5.75 Å². The molecule has 2 N–H and O–H groups in total. The molecule has 1 aromatic heterocycles. The molecule has 7 heteroatoms. The minimum Gasteiger partial charge on any atom is -0.482 e. The molecule has 0 aliphatic rings. The molecule has 0 atom stereocenters. The van der Waals surface area contributed by atoms with E-state index in [9.17, 15) is 9.59 Å². The first-order chi connectivity index (χ1) is 13.4. The lowest BCUT2D eigenvalue weighted by Crippen LogP contribution is -2.20. The first-order valence-electron chi connectivity index (χ1n) is 8.56. The fourth-order valence-electron chi connectivity index (χ4n) is 2.66. The molecule has 0 unspecified atom stereocenters. The highest BCUT2D eigenvalue weighted by atomic mass is 79.9.